The highest BCUT2D eigenvalue weighted by molar-refractivity contribution is 5.45. The molecule has 0 saturated carbocycles. The van der Waals surface area contributed by atoms with E-state index in [4.69, 9.17) is 9.47 Å². The molecule has 1 aromatic rings. The highest BCUT2D eigenvalue weighted by Gasteiger charge is 2.24. The van der Waals surface area contributed by atoms with E-state index in [0.717, 1.165) is 38.5 Å². The number of unbranched alkanes of at least 4 members (excludes halogenated alkanes) is 4. The summed E-state index contributed by atoms with van der Waals surface area (Å²) < 4.78 is 10.6. The zero-order valence-corrected chi connectivity index (χ0v) is 11.3. The van der Waals surface area contributed by atoms with Crippen molar-refractivity contribution in [2.45, 2.75) is 52.4 Å². The van der Waals surface area contributed by atoms with Gasteiger partial charge in [0.2, 0.25) is 11.5 Å². The highest BCUT2D eigenvalue weighted by atomic mass is 16.5. The maximum absolute atomic E-state index is 11.3. The van der Waals surface area contributed by atoms with Gasteiger partial charge in [-0.2, -0.15) is 0 Å². The second-order valence-corrected chi connectivity index (χ2v) is 4.43. The van der Waals surface area contributed by atoms with E-state index in [2.05, 4.69) is 13.8 Å². The third-order valence-electron chi connectivity index (χ3n) is 2.81. The van der Waals surface area contributed by atoms with Gasteiger partial charge in [0.1, 0.15) is 0 Å². The molecule has 0 bridgehead atoms. The van der Waals surface area contributed by atoms with Gasteiger partial charge in [-0.05, 0) is 12.8 Å². The average Bonchev–Trinajstić information content (AvgIpc) is 2.39. The maximum atomic E-state index is 11.3. The van der Waals surface area contributed by atoms with E-state index in [1.807, 2.05) is 0 Å². The molecule has 0 aliphatic rings. The summed E-state index contributed by atoms with van der Waals surface area (Å²) in [5, 5.41) is 0. The first-order valence-corrected chi connectivity index (χ1v) is 6.81. The van der Waals surface area contributed by atoms with E-state index in [0.29, 0.717) is 13.2 Å². The molecule has 0 radical (unpaired) electrons. The molecule has 4 heteroatoms. The average molecular weight is 254 g/mol. The van der Waals surface area contributed by atoms with Gasteiger partial charge in [-0.15, -0.1) is 0 Å². The zero-order valence-electron chi connectivity index (χ0n) is 11.3. The van der Waals surface area contributed by atoms with Crippen molar-refractivity contribution in [2.75, 3.05) is 13.2 Å². The Morgan fingerprint density at radius 1 is 0.722 bits per heavy atom. The Bertz CT molecular complexity index is 376. The minimum absolute atomic E-state index is 0.132. The van der Waals surface area contributed by atoms with Crippen molar-refractivity contribution in [1.29, 1.82) is 0 Å². The SMILES string of the molecule is CCCCCOc1c(OCCCCC)c(=O)c1=O. The summed E-state index contributed by atoms with van der Waals surface area (Å²) >= 11 is 0. The van der Waals surface area contributed by atoms with E-state index >= 15 is 0 Å². The van der Waals surface area contributed by atoms with Gasteiger partial charge in [-0.25, -0.2) is 0 Å². The van der Waals surface area contributed by atoms with E-state index < -0.39 is 10.9 Å². The van der Waals surface area contributed by atoms with Gasteiger partial charge >= 0.3 is 0 Å². The Balaban J connectivity index is 2.40. The van der Waals surface area contributed by atoms with Crippen LogP contribution < -0.4 is 20.3 Å². The van der Waals surface area contributed by atoms with E-state index in [1.54, 1.807) is 0 Å². The Kier molecular flexibility index (Phi) is 6.47. The fourth-order valence-electron chi connectivity index (χ4n) is 1.66. The summed E-state index contributed by atoms with van der Waals surface area (Å²) in [5.74, 6) is 0.264. The van der Waals surface area contributed by atoms with Crippen LogP contribution in [0, 0.1) is 0 Å². The van der Waals surface area contributed by atoms with Crippen LogP contribution in [0.15, 0.2) is 9.59 Å². The van der Waals surface area contributed by atoms with Crippen LogP contribution in [-0.2, 0) is 0 Å². The lowest BCUT2D eigenvalue weighted by Crippen LogP contribution is -2.34. The van der Waals surface area contributed by atoms with Crippen LogP contribution in [0.2, 0.25) is 0 Å². The van der Waals surface area contributed by atoms with Gasteiger partial charge in [0.25, 0.3) is 10.9 Å². The Hall–Kier alpha value is -1.32. The van der Waals surface area contributed by atoms with Gasteiger partial charge in [-0.3, -0.25) is 9.59 Å². The van der Waals surface area contributed by atoms with Gasteiger partial charge in [-0.1, -0.05) is 39.5 Å². The lowest BCUT2D eigenvalue weighted by molar-refractivity contribution is 0.248. The molecule has 4 nitrogen and oxygen atoms in total. The fraction of sp³-hybridized carbons (Fsp3) is 0.714. The lowest BCUT2D eigenvalue weighted by Gasteiger charge is -2.13. The second-order valence-electron chi connectivity index (χ2n) is 4.43. The van der Waals surface area contributed by atoms with Gasteiger partial charge < -0.3 is 9.47 Å². The van der Waals surface area contributed by atoms with Gasteiger partial charge in [0, 0.05) is 0 Å². The second kappa shape index (κ2) is 7.90. The predicted octanol–water partition coefficient (Wildman–Crippen LogP) is 2.42. The molecule has 1 aromatic carbocycles. The van der Waals surface area contributed by atoms with Crippen LogP contribution in [0.4, 0.5) is 0 Å². The van der Waals surface area contributed by atoms with Gasteiger partial charge in [0.15, 0.2) is 0 Å². The Morgan fingerprint density at radius 2 is 1.11 bits per heavy atom. The molecule has 0 spiro atoms. The van der Waals surface area contributed by atoms with Crippen LogP contribution >= 0.6 is 0 Å². The zero-order chi connectivity index (χ0) is 13.4. The standard InChI is InChI=1S/C14H22O4/c1-3-5-7-9-17-13-11(15)12(16)14(13)18-10-8-6-4-2/h3-10H2,1-2H3. The summed E-state index contributed by atoms with van der Waals surface area (Å²) in [6.45, 7) is 5.15. The molecule has 0 amide bonds. The third-order valence-corrected chi connectivity index (χ3v) is 2.81. The van der Waals surface area contributed by atoms with Crippen molar-refractivity contribution in [3.8, 4) is 11.5 Å². The lowest BCUT2D eigenvalue weighted by atomic mass is 10.2. The Labute approximate surface area is 108 Å². The molecule has 0 N–H and O–H groups in total. The summed E-state index contributed by atoms with van der Waals surface area (Å²) in [6, 6.07) is 0. The highest BCUT2D eigenvalue weighted by Crippen LogP contribution is 2.21. The maximum Gasteiger partial charge on any atom is 0.275 e. The molecule has 18 heavy (non-hydrogen) atoms. The minimum Gasteiger partial charge on any atom is -0.486 e. The monoisotopic (exact) mass is 254 g/mol. The van der Waals surface area contributed by atoms with Crippen LogP contribution in [0.3, 0.4) is 0 Å². The fourth-order valence-corrected chi connectivity index (χ4v) is 1.66. The number of ether oxygens (including phenoxy) is 2. The van der Waals surface area contributed by atoms with Crippen molar-refractivity contribution in [2.24, 2.45) is 0 Å². The molecular formula is C14H22O4. The van der Waals surface area contributed by atoms with Crippen molar-refractivity contribution in [3.63, 3.8) is 0 Å². The van der Waals surface area contributed by atoms with Crippen molar-refractivity contribution >= 4 is 0 Å². The summed E-state index contributed by atoms with van der Waals surface area (Å²) in [4.78, 5) is 22.6. The molecule has 1 rings (SSSR count). The quantitative estimate of drug-likeness (QED) is 0.475. The van der Waals surface area contributed by atoms with Crippen molar-refractivity contribution < 1.29 is 9.47 Å². The topological polar surface area (TPSA) is 52.6 Å². The molecule has 0 unspecified atom stereocenters. The van der Waals surface area contributed by atoms with Crippen LogP contribution in [0.5, 0.6) is 11.5 Å². The van der Waals surface area contributed by atoms with E-state index in [9.17, 15) is 9.59 Å². The van der Waals surface area contributed by atoms with E-state index in [-0.39, 0.29) is 11.5 Å². The normalized spacial score (nSPS) is 10.8. The van der Waals surface area contributed by atoms with Crippen LogP contribution in [-0.4, -0.2) is 13.2 Å². The van der Waals surface area contributed by atoms with Crippen molar-refractivity contribution in [3.05, 3.63) is 20.4 Å². The predicted molar refractivity (Wildman–Crippen MR) is 71.4 cm³/mol. The van der Waals surface area contributed by atoms with Crippen LogP contribution in [0.25, 0.3) is 0 Å². The smallest absolute Gasteiger partial charge is 0.275 e. The largest absolute Gasteiger partial charge is 0.486 e. The van der Waals surface area contributed by atoms with Crippen LogP contribution in [0.1, 0.15) is 52.4 Å². The Morgan fingerprint density at radius 3 is 1.44 bits per heavy atom. The molecule has 0 fully saturated rings. The molecular weight excluding hydrogens is 232 g/mol. The number of rotatable bonds is 10. The number of hydrogen-bond acceptors (Lipinski definition) is 4. The van der Waals surface area contributed by atoms with E-state index in [1.165, 1.54) is 0 Å². The molecule has 0 aliphatic carbocycles. The molecule has 0 atom stereocenters. The first-order chi connectivity index (χ1) is 8.72. The summed E-state index contributed by atoms with van der Waals surface area (Å²) in [7, 11) is 0. The number of hydrogen-bond donors (Lipinski definition) is 0. The molecule has 0 saturated heterocycles. The first kappa shape index (κ1) is 14.7. The third kappa shape index (κ3) is 3.86. The minimum atomic E-state index is -0.544. The first-order valence-electron chi connectivity index (χ1n) is 6.81. The molecule has 0 aliphatic heterocycles. The molecule has 0 heterocycles. The summed E-state index contributed by atoms with van der Waals surface area (Å²) in [5.41, 5.74) is -1.09. The molecule has 102 valence electrons. The molecule has 0 aromatic heterocycles. The summed E-state index contributed by atoms with van der Waals surface area (Å²) in [6.07, 6.45) is 6.09. The van der Waals surface area contributed by atoms with Crippen molar-refractivity contribution in [1.82, 2.24) is 0 Å². The van der Waals surface area contributed by atoms with Gasteiger partial charge in [0.05, 0.1) is 13.2 Å².